The molecular formula is C14H14BrClN2O. The van der Waals surface area contributed by atoms with Gasteiger partial charge in [-0.1, -0.05) is 17.7 Å². The summed E-state index contributed by atoms with van der Waals surface area (Å²) in [5.41, 5.74) is 1.38. The van der Waals surface area contributed by atoms with E-state index in [2.05, 4.69) is 21.0 Å². The Morgan fingerprint density at radius 2 is 2.16 bits per heavy atom. The number of Topliss-reactive ketones (excluding diaryl/α,β-unsaturated/α-hetero) is 1. The molecule has 100 valence electrons. The van der Waals surface area contributed by atoms with E-state index in [1.165, 1.54) is 0 Å². The number of carbonyl (C=O) groups is 1. The molecule has 0 fully saturated rings. The highest BCUT2D eigenvalue weighted by atomic mass is 79.9. The molecule has 0 unspecified atom stereocenters. The Balaban J connectivity index is 2.13. The minimum Gasteiger partial charge on any atom is -0.294 e. The molecule has 0 atom stereocenters. The number of halogens is 2. The number of ketones is 1. The van der Waals surface area contributed by atoms with Gasteiger partial charge in [-0.3, -0.25) is 9.48 Å². The maximum absolute atomic E-state index is 12.1. The number of hydrogen-bond donors (Lipinski definition) is 0. The number of carbonyl (C=O) groups excluding carboxylic acids is 1. The van der Waals surface area contributed by atoms with Crippen molar-refractivity contribution in [3.05, 3.63) is 51.2 Å². The third-order valence-corrected chi connectivity index (χ3v) is 4.01. The van der Waals surface area contributed by atoms with Crippen LogP contribution in [0.15, 0.2) is 34.9 Å². The zero-order chi connectivity index (χ0) is 14.0. The van der Waals surface area contributed by atoms with Crippen LogP contribution in [0.1, 0.15) is 35.9 Å². The van der Waals surface area contributed by atoms with Crippen LogP contribution < -0.4 is 0 Å². The molecule has 19 heavy (non-hydrogen) atoms. The second-order valence-corrected chi connectivity index (χ2v) is 5.87. The largest absolute Gasteiger partial charge is 0.294 e. The molecule has 2 rings (SSSR count). The van der Waals surface area contributed by atoms with E-state index >= 15 is 0 Å². The SMILES string of the molecule is CC(C)n1ccc(CC(=O)c2ccc(Br)c(Cl)c2)n1. The van der Waals surface area contributed by atoms with Crippen molar-refractivity contribution in [2.75, 3.05) is 0 Å². The zero-order valence-electron chi connectivity index (χ0n) is 10.7. The van der Waals surface area contributed by atoms with Crippen LogP contribution in [0.3, 0.4) is 0 Å². The molecule has 0 aliphatic carbocycles. The molecule has 0 bridgehead atoms. The summed E-state index contributed by atoms with van der Waals surface area (Å²) in [7, 11) is 0. The van der Waals surface area contributed by atoms with Gasteiger partial charge in [0.15, 0.2) is 5.78 Å². The topological polar surface area (TPSA) is 34.9 Å². The molecule has 0 aliphatic heterocycles. The van der Waals surface area contributed by atoms with E-state index < -0.39 is 0 Å². The van der Waals surface area contributed by atoms with Gasteiger partial charge >= 0.3 is 0 Å². The molecule has 0 amide bonds. The van der Waals surface area contributed by atoms with E-state index in [0.717, 1.165) is 10.2 Å². The van der Waals surface area contributed by atoms with Crippen LogP contribution in [-0.4, -0.2) is 15.6 Å². The second-order valence-electron chi connectivity index (χ2n) is 4.61. The Labute approximate surface area is 125 Å². The smallest absolute Gasteiger partial charge is 0.168 e. The van der Waals surface area contributed by atoms with E-state index in [1.807, 2.05) is 30.8 Å². The number of hydrogen-bond acceptors (Lipinski definition) is 2. The van der Waals surface area contributed by atoms with Gasteiger partial charge in [-0.15, -0.1) is 0 Å². The Morgan fingerprint density at radius 3 is 2.74 bits per heavy atom. The molecule has 0 aliphatic rings. The molecule has 0 saturated heterocycles. The predicted molar refractivity (Wildman–Crippen MR) is 79.8 cm³/mol. The highest BCUT2D eigenvalue weighted by Gasteiger charge is 2.11. The van der Waals surface area contributed by atoms with Gasteiger partial charge in [-0.05, 0) is 48.0 Å². The van der Waals surface area contributed by atoms with Gasteiger partial charge in [0.2, 0.25) is 0 Å². The lowest BCUT2D eigenvalue weighted by atomic mass is 10.1. The van der Waals surface area contributed by atoms with Crippen molar-refractivity contribution >= 4 is 33.3 Å². The monoisotopic (exact) mass is 340 g/mol. The van der Waals surface area contributed by atoms with Crippen LogP contribution in [0, 0.1) is 0 Å². The first-order valence-electron chi connectivity index (χ1n) is 5.99. The fourth-order valence-electron chi connectivity index (χ4n) is 1.70. The van der Waals surface area contributed by atoms with E-state index in [4.69, 9.17) is 11.6 Å². The lowest BCUT2D eigenvalue weighted by molar-refractivity contribution is 0.0991. The van der Waals surface area contributed by atoms with Crippen LogP contribution >= 0.6 is 27.5 Å². The molecule has 5 heteroatoms. The first kappa shape index (κ1) is 14.3. The van der Waals surface area contributed by atoms with E-state index in [9.17, 15) is 4.79 Å². The average Bonchev–Trinajstić information content (AvgIpc) is 2.81. The van der Waals surface area contributed by atoms with Crippen molar-refractivity contribution in [1.82, 2.24) is 9.78 Å². The lowest BCUT2D eigenvalue weighted by Gasteiger charge is -2.04. The third-order valence-electron chi connectivity index (χ3n) is 2.78. The van der Waals surface area contributed by atoms with Crippen molar-refractivity contribution < 1.29 is 4.79 Å². The maximum atomic E-state index is 12.1. The molecule has 0 N–H and O–H groups in total. The number of benzene rings is 1. The maximum Gasteiger partial charge on any atom is 0.168 e. The lowest BCUT2D eigenvalue weighted by Crippen LogP contribution is -2.06. The van der Waals surface area contributed by atoms with Gasteiger partial charge in [0.25, 0.3) is 0 Å². The molecule has 1 aromatic carbocycles. The summed E-state index contributed by atoms with van der Waals surface area (Å²) in [6.07, 6.45) is 2.18. The Morgan fingerprint density at radius 1 is 1.42 bits per heavy atom. The Bertz CT molecular complexity index is 607. The van der Waals surface area contributed by atoms with E-state index in [0.29, 0.717) is 16.6 Å². The minimum absolute atomic E-state index is 0.0170. The molecule has 0 spiro atoms. The summed E-state index contributed by atoms with van der Waals surface area (Å²) in [6, 6.07) is 7.39. The van der Waals surface area contributed by atoms with Crippen LogP contribution in [0.25, 0.3) is 0 Å². The Kier molecular flexibility index (Phi) is 4.42. The van der Waals surface area contributed by atoms with Crippen LogP contribution in [0.2, 0.25) is 5.02 Å². The van der Waals surface area contributed by atoms with Crippen molar-refractivity contribution in [2.24, 2.45) is 0 Å². The van der Waals surface area contributed by atoms with Gasteiger partial charge in [-0.2, -0.15) is 5.10 Å². The minimum atomic E-state index is 0.0170. The molecule has 0 saturated carbocycles. The summed E-state index contributed by atoms with van der Waals surface area (Å²) in [4.78, 5) is 12.1. The van der Waals surface area contributed by atoms with E-state index in [-0.39, 0.29) is 12.2 Å². The highest BCUT2D eigenvalue weighted by Crippen LogP contribution is 2.23. The van der Waals surface area contributed by atoms with Gasteiger partial charge in [-0.25, -0.2) is 0 Å². The van der Waals surface area contributed by atoms with Crippen LogP contribution in [-0.2, 0) is 6.42 Å². The summed E-state index contributed by atoms with van der Waals surface area (Å²) in [5.74, 6) is 0.0170. The molecule has 2 aromatic rings. The molecule has 3 nitrogen and oxygen atoms in total. The van der Waals surface area contributed by atoms with E-state index in [1.54, 1.807) is 18.2 Å². The average molecular weight is 342 g/mol. The number of aromatic nitrogens is 2. The van der Waals surface area contributed by atoms with Crippen LogP contribution in [0.5, 0.6) is 0 Å². The summed E-state index contributed by atoms with van der Waals surface area (Å²) in [5, 5.41) is 4.91. The van der Waals surface area contributed by atoms with Crippen molar-refractivity contribution in [2.45, 2.75) is 26.3 Å². The molecule has 1 heterocycles. The fourth-order valence-corrected chi connectivity index (χ4v) is 2.12. The Hall–Kier alpha value is -1.13. The normalized spacial score (nSPS) is 11.0. The van der Waals surface area contributed by atoms with Gasteiger partial charge < -0.3 is 0 Å². The number of nitrogens with zero attached hydrogens (tertiary/aromatic N) is 2. The first-order chi connectivity index (χ1) is 8.97. The van der Waals surface area contributed by atoms with Gasteiger partial charge in [0.1, 0.15) is 0 Å². The summed E-state index contributed by atoms with van der Waals surface area (Å²) in [6.45, 7) is 4.10. The van der Waals surface area contributed by atoms with Crippen LogP contribution in [0.4, 0.5) is 0 Å². The van der Waals surface area contributed by atoms with Crippen molar-refractivity contribution in [1.29, 1.82) is 0 Å². The highest BCUT2D eigenvalue weighted by molar-refractivity contribution is 9.10. The van der Waals surface area contributed by atoms with Gasteiger partial charge in [0.05, 0.1) is 17.1 Å². The first-order valence-corrected chi connectivity index (χ1v) is 7.16. The molecule has 1 aromatic heterocycles. The third kappa shape index (κ3) is 3.45. The quantitative estimate of drug-likeness (QED) is 0.777. The zero-order valence-corrected chi connectivity index (χ0v) is 13.1. The van der Waals surface area contributed by atoms with Crippen molar-refractivity contribution in [3.63, 3.8) is 0 Å². The standard InChI is InChI=1S/C14H14BrClN2O/c1-9(2)18-6-5-11(17-18)8-14(19)10-3-4-12(15)13(16)7-10/h3-7,9H,8H2,1-2H3. The molecular weight excluding hydrogens is 328 g/mol. The number of rotatable bonds is 4. The second kappa shape index (κ2) is 5.88. The molecule has 0 radical (unpaired) electrons. The fraction of sp³-hybridized carbons (Fsp3) is 0.286. The summed E-state index contributed by atoms with van der Waals surface area (Å²) < 4.78 is 2.63. The van der Waals surface area contributed by atoms with Gasteiger partial charge in [0, 0.05) is 22.3 Å². The van der Waals surface area contributed by atoms with Crippen molar-refractivity contribution in [3.8, 4) is 0 Å². The summed E-state index contributed by atoms with van der Waals surface area (Å²) >= 11 is 9.29. The predicted octanol–water partition coefficient (Wildman–Crippen LogP) is 4.31.